The maximum atomic E-state index is 12.3. The van der Waals surface area contributed by atoms with Crippen LogP contribution in [0.15, 0.2) is 21.7 Å². The average molecular weight is 296 g/mol. The summed E-state index contributed by atoms with van der Waals surface area (Å²) in [5.74, 6) is 0. The van der Waals surface area contributed by atoms with E-state index in [4.69, 9.17) is 10.3 Å². The molecule has 0 aliphatic heterocycles. The third-order valence-electron chi connectivity index (χ3n) is 3.52. The van der Waals surface area contributed by atoms with Crippen molar-refractivity contribution >= 4 is 21.1 Å². The Labute approximate surface area is 116 Å². The van der Waals surface area contributed by atoms with Gasteiger partial charge in [0.15, 0.2) is 0 Å². The maximum absolute atomic E-state index is 12.3. The van der Waals surface area contributed by atoms with Gasteiger partial charge in [-0.25, -0.2) is 18.1 Å². The second kappa shape index (κ2) is 4.80. The predicted molar refractivity (Wildman–Crippen MR) is 72.5 cm³/mol. The van der Waals surface area contributed by atoms with Crippen LogP contribution in [-0.2, 0) is 16.4 Å². The van der Waals surface area contributed by atoms with Gasteiger partial charge in [0.1, 0.15) is 4.90 Å². The summed E-state index contributed by atoms with van der Waals surface area (Å²) in [6.07, 6.45) is 3.28. The minimum Gasteiger partial charge on any atom is -0.336 e. The quantitative estimate of drug-likeness (QED) is 0.852. The lowest BCUT2D eigenvalue weighted by atomic mass is 9.89. The fraction of sp³-hybridized carbons (Fsp3) is 0.500. The molecule has 8 heteroatoms. The van der Waals surface area contributed by atoms with Gasteiger partial charge in [0, 0.05) is 12.1 Å². The van der Waals surface area contributed by atoms with Crippen molar-refractivity contribution in [1.29, 1.82) is 0 Å². The van der Waals surface area contributed by atoms with Crippen LogP contribution in [0.2, 0.25) is 0 Å². The van der Waals surface area contributed by atoms with Gasteiger partial charge in [0.25, 0.3) is 5.71 Å². The number of nitrogens with one attached hydrogen (secondary N) is 1. The molecule has 0 radical (unpaired) electrons. The fourth-order valence-corrected chi connectivity index (χ4v) is 3.54. The summed E-state index contributed by atoms with van der Waals surface area (Å²) in [5, 5.41) is 4.51. The molecule has 0 saturated heterocycles. The predicted octanol–water partition coefficient (Wildman–Crippen LogP) is 0.553. The zero-order chi connectivity index (χ0) is 14.3. The Kier molecular flexibility index (Phi) is 3.23. The smallest absolute Gasteiger partial charge is 0.258 e. The number of rotatable bonds is 4. The molecule has 2 aromatic rings. The lowest BCUT2D eigenvalue weighted by molar-refractivity contribution is 0.327. The van der Waals surface area contributed by atoms with Crippen LogP contribution >= 0.6 is 0 Å². The zero-order valence-electron chi connectivity index (χ0n) is 11.0. The molecule has 20 heavy (non-hydrogen) atoms. The van der Waals surface area contributed by atoms with E-state index < -0.39 is 10.0 Å². The monoisotopic (exact) mass is 296 g/mol. The van der Waals surface area contributed by atoms with Gasteiger partial charge in [0.2, 0.25) is 10.0 Å². The van der Waals surface area contributed by atoms with Crippen molar-refractivity contribution in [1.82, 2.24) is 14.9 Å². The number of sulfonamides is 1. The molecule has 1 fully saturated rings. The van der Waals surface area contributed by atoms with Crippen LogP contribution in [0.4, 0.5) is 0 Å². The van der Waals surface area contributed by atoms with Crippen molar-refractivity contribution in [3.05, 3.63) is 18.0 Å². The highest BCUT2D eigenvalue weighted by molar-refractivity contribution is 7.89. The Morgan fingerprint density at radius 1 is 1.50 bits per heavy atom. The summed E-state index contributed by atoms with van der Waals surface area (Å²) in [4.78, 5) is 4.14. The van der Waals surface area contributed by atoms with E-state index in [-0.39, 0.29) is 17.0 Å². The standard InChI is InChI=1S/C12H16N4O3S/c1-2-11-10-5-9(6-14-12(10)19-15-11)20(17,18)16-8-3-7(13)4-8/h5-8,16H,2-4,13H2,1H3. The van der Waals surface area contributed by atoms with Crippen LogP contribution in [0.1, 0.15) is 25.5 Å². The van der Waals surface area contributed by atoms with Gasteiger partial charge in [-0.15, -0.1) is 0 Å². The van der Waals surface area contributed by atoms with Gasteiger partial charge in [-0.2, -0.15) is 0 Å². The van der Waals surface area contributed by atoms with Crippen LogP contribution in [-0.4, -0.2) is 30.6 Å². The first kappa shape index (κ1) is 13.5. The molecule has 0 atom stereocenters. The van der Waals surface area contributed by atoms with Crippen molar-refractivity contribution in [2.45, 2.75) is 43.2 Å². The molecule has 2 aromatic heterocycles. The highest BCUT2D eigenvalue weighted by Gasteiger charge is 2.30. The van der Waals surface area contributed by atoms with Gasteiger partial charge in [0.05, 0.1) is 17.3 Å². The third kappa shape index (κ3) is 2.30. The maximum Gasteiger partial charge on any atom is 0.258 e. The summed E-state index contributed by atoms with van der Waals surface area (Å²) < 4.78 is 32.2. The molecule has 0 aromatic carbocycles. The first-order chi connectivity index (χ1) is 9.49. The molecule has 0 unspecified atom stereocenters. The molecule has 1 aliphatic carbocycles. The number of aromatic nitrogens is 2. The Bertz CT molecular complexity index is 734. The van der Waals surface area contributed by atoms with E-state index in [1.54, 1.807) is 6.07 Å². The molecule has 108 valence electrons. The number of nitrogens with two attached hydrogens (primary N) is 1. The van der Waals surface area contributed by atoms with E-state index in [9.17, 15) is 8.42 Å². The van der Waals surface area contributed by atoms with Crippen LogP contribution in [0.5, 0.6) is 0 Å². The Balaban J connectivity index is 1.92. The second-order valence-corrected chi connectivity index (χ2v) is 6.77. The molecule has 0 spiro atoms. The van der Waals surface area contributed by atoms with Crippen LogP contribution in [0, 0.1) is 0 Å². The Hall–Kier alpha value is -1.51. The van der Waals surface area contributed by atoms with Crippen molar-refractivity contribution in [3.8, 4) is 0 Å². The van der Waals surface area contributed by atoms with Crippen molar-refractivity contribution in [2.75, 3.05) is 0 Å². The number of aryl methyl sites for hydroxylation is 1. The van der Waals surface area contributed by atoms with Crippen molar-refractivity contribution < 1.29 is 12.9 Å². The van der Waals surface area contributed by atoms with Crippen LogP contribution < -0.4 is 10.5 Å². The van der Waals surface area contributed by atoms with Gasteiger partial charge in [-0.1, -0.05) is 12.1 Å². The largest absolute Gasteiger partial charge is 0.336 e. The lowest BCUT2D eigenvalue weighted by Crippen LogP contribution is -2.50. The SMILES string of the molecule is CCc1noc2ncc(S(=O)(=O)NC3CC(N)C3)cc12. The molecule has 2 heterocycles. The molecule has 0 bridgehead atoms. The number of hydrogen-bond acceptors (Lipinski definition) is 6. The third-order valence-corrected chi connectivity index (χ3v) is 5.01. The highest BCUT2D eigenvalue weighted by atomic mass is 32.2. The van der Waals surface area contributed by atoms with Crippen LogP contribution in [0.25, 0.3) is 11.1 Å². The van der Waals surface area contributed by atoms with Crippen molar-refractivity contribution in [3.63, 3.8) is 0 Å². The van der Waals surface area contributed by atoms with Gasteiger partial charge < -0.3 is 10.3 Å². The number of nitrogens with zero attached hydrogens (tertiary/aromatic N) is 2. The van der Waals surface area contributed by atoms with Crippen molar-refractivity contribution in [2.24, 2.45) is 5.73 Å². The molecule has 0 amide bonds. The van der Waals surface area contributed by atoms with E-state index in [2.05, 4.69) is 14.9 Å². The van der Waals surface area contributed by atoms with Crippen LogP contribution in [0.3, 0.4) is 0 Å². The molecule has 3 N–H and O–H groups in total. The van der Waals surface area contributed by atoms with E-state index in [1.807, 2.05) is 6.92 Å². The summed E-state index contributed by atoms with van der Waals surface area (Å²) >= 11 is 0. The Morgan fingerprint density at radius 3 is 2.90 bits per heavy atom. The summed E-state index contributed by atoms with van der Waals surface area (Å²) in [7, 11) is -3.58. The minimum atomic E-state index is -3.58. The van der Waals surface area contributed by atoms with Gasteiger partial charge in [-0.05, 0) is 25.3 Å². The molecule has 1 saturated carbocycles. The molecule has 3 rings (SSSR count). The zero-order valence-corrected chi connectivity index (χ0v) is 11.9. The van der Waals surface area contributed by atoms with E-state index in [0.717, 1.165) is 0 Å². The summed E-state index contributed by atoms with van der Waals surface area (Å²) in [5.41, 5.74) is 6.71. The second-order valence-electron chi connectivity index (χ2n) is 5.06. The normalized spacial score (nSPS) is 22.9. The highest BCUT2D eigenvalue weighted by Crippen LogP contribution is 2.23. The van der Waals surface area contributed by atoms with E-state index in [0.29, 0.717) is 36.1 Å². The Morgan fingerprint density at radius 2 is 2.25 bits per heavy atom. The first-order valence-electron chi connectivity index (χ1n) is 6.52. The number of pyridine rings is 1. The summed E-state index contributed by atoms with van der Waals surface area (Å²) in [6.45, 7) is 1.92. The average Bonchev–Trinajstić information content (AvgIpc) is 2.78. The number of hydrogen-bond donors (Lipinski definition) is 2. The minimum absolute atomic E-state index is 0.0844. The lowest BCUT2D eigenvalue weighted by Gasteiger charge is -2.32. The number of fused-ring (bicyclic) bond motifs is 1. The van der Waals surface area contributed by atoms with Gasteiger partial charge >= 0.3 is 0 Å². The topological polar surface area (TPSA) is 111 Å². The fourth-order valence-electron chi connectivity index (χ4n) is 2.31. The van der Waals surface area contributed by atoms with Gasteiger partial charge in [-0.3, -0.25) is 0 Å². The molecular formula is C12H16N4O3S. The van der Waals surface area contributed by atoms with E-state index >= 15 is 0 Å². The molecule has 7 nitrogen and oxygen atoms in total. The molecule has 1 aliphatic rings. The summed E-state index contributed by atoms with van der Waals surface area (Å²) in [6, 6.07) is 1.56. The molecular weight excluding hydrogens is 280 g/mol. The first-order valence-corrected chi connectivity index (χ1v) is 8.00. The van der Waals surface area contributed by atoms with E-state index in [1.165, 1.54) is 6.20 Å².